The number of nitrogens with zero attached hydrogens (tertiary/aromatic N) is 3. The number of para-hydroxylation sites is 1. The van der Waals surface area contributed by atoms with Crippen molar-refractivity contribution in [3.63, 3.8) is 0 Å². The average molecular weight is 620 g/mol. The van der Waals surface area contributed by atoms with Crippen molar-refractivity contribution >= 4 is 44.6 Å². The first-order valence-corrected chi connectivity index (χ1v) is 15.8. The predicted molar refractivity (Wildman–Crippen MR) is 195 cm³/mol. The van der Waals surface area contributed by atoms with Crippen LogP contribution in [0.25, 0.3) is 83.6 Å². The maximum atomic E-state index is 11.4. The fourth-order valence-electron chi connectivity index (χ4n) is 6.23. The standard InChI is InChI=1S/C43H29N3O2/c1-2-9-28(24-25-47)33-12-7-13-35(27-33)42-44-41(31-21-18-30(19-22-31)34-23-20-29-10-3-4-11-32(29)26-34)45-43(46-42)37-15-8-17-39-40(37)36-14-5-6-16-38(36)48-39/h2-27H,1H3/b9-2-,28-24+. The van der Waals surface area contributed by atoms with E-state index in [2.05, 4.69) is 72.8 Å². The molecule has 8 aromatic rings. The lowest BCUT2D eigenvalue weighted by atomic mass is 10.00. The zero-order chi connectivity index (χ0) is 32.5. The molecule has 0 amide bonds. The Morgan fingerprint density at radius 3 is 2.10 bits per heavy atom. The molecule has 0 spiro atoms. The van der Waals surface area contributed by atoms with Gasteiger partial charge in [0.15, 0.2) is 17.5 Å². The van der Waals surface area contributed by atoms with Gasteiger partial charge in [0, 0.05) is 27.5 Å². The number of hydrogen-bond donors (Lipinski definition) is 0. The van der Waals surface area contributed by atoms with Crippen LogP contribution in [0.3, 0.4) is 0 Å². The molecule has 0 bridgehead atoms. The van der Waals surface area contributed by atoms with E-state index in [9.17, 15) is 4.79 Å². The highest BCUT2D eigenvalue weighted by atomic mass is 16.3. The third kappa shape index (κ3) is 5.37. The minimum absolute atomic E-state index is 0.534. The first-order chi connectivity index (χ1) is 23.7. The van der Waals surface area contributed by atoms with Crippen LogP contribution in [0.2, 0.25) is 0 Å². The van der Waals surface area contributed by atoms with Gasteiger partial charge in [-0.2, -0.15) is 0 Å². The Labute approximate surface area is 277 Å². The van der Waals surface area contributed by atoms with Crippen LogP contribution in [-0.4, -0.2) is 21.2 Å². The molecule has 0 saturated heterocycles. The molecule has 5 nitrogen and oxygen atoms in total. The Morgan fingerprint density at radius 2 is 1.27 bits per heavy atom. The van der Waals surface area contributed by atoms with Crippen molar-refractivity contribution in [1.29, 1.82) is 0 Å². The quantitative estimate of drug-likeness (QED) is 0.101. The molecule has 0 aliphatic carbocycles. The molecular weight excluding hydrogens is 590 g/mol. The van der Waals surface area contributed by atoms with Gasteiger partial charge >= 0.3 is 0 Å². The molecule has 0 saturated carbocycles. The molecule has 0 N–H and O–H groups in total. The van der Waals surface area contributed by atoms with E-state index in [0.29, 0.717) is 17.5 Å². The van der Waals surface area contributed by atoms with Crippen LogP contribution in [0.1, 0.15) is 12.5 Å². The van der Waals surface area contributed by atoms with Crippen molar-refractivity contribution in [1.82, 2.24) is 15.0 Å². The number of carbonyl (C=O) groups excluding carboxylic acids is 1. The second-order valence-corrected chi connectivity index (χ2v) is 11.6. The summed E-state index contributed by atoms with van der Waals surface area (Å²) in [4.78, 5) is 26.5. The van der Waals surface area contributed by atoms with E-state index in [1.807, 2.05) is 79.7 Å². The molecule has 0 aliphatic heterocycles. The summed E-state index contributed by atoms with van der Waals surface area (Å²) >= 11 is 0. The summed E-state index contributed by atoms with van der Waals surface area (Å²) in [5.74, 6) is 1.65. The molecule has 6 aromatic carbocycles. The van der Waals surface area contributed by atoms with Gasteiger partial charge in [-0.1, -0.05) is 121 Å². The number of hydrogen-bond acceptors (Lipinski definition) is 5. The van der Waals surface area contributed by atoms with Crippen LogP contribution in [0.15, 0.2) is 156 Å². The monoisotopic (exact) mass is 619 g/mol. The minimum Gasteiger partial charge on any atom is -0.456 e. The number of furan rings is 1. The lowest BCUT2D eigenvalue weighted by Gasteiger charge is -2.11. The lowest BCUT2D eigenvalue weighted by Crippen LogP contribution is -2.01. The highest BCUT2D eigenvalue weighted by Crippen LogP contribution is 2.37. The second-order valence-electron chi connectivity index (χ2n) is 11.6. The number of fused-ring (bicyclic) bond motifs is 4. The molecule has 0 atom stereocenters. The first kappa shape index (κ1) is 29.0. The van der Waals surface area contributed by atoms with Gasteiger partial charge in [-0.3, -0.25) is 4.79 Å². The zero-order valence-electron chi connectivity index (χ0n) is 26.2. The fraction of sp³-hybridized carbons (Fsp3) is 0.0233. The summed E-state index contributed by atoms with van der Waals surface area (Å²) in [5, 5.41) is 4.38. The number of benzene rings is 6. The molecule has 48 heavy (non-hydrogen) atoms. The molecular formula is C43H29N3O2. The number of aldehydes is 1. The molecule has 5 heteroatoms. The van der Waals surface area contributed by atoms with E-state index in [0.717, 1.165) is 67.2 Å². The van der Waals surface area contributed by atoms with E-state index in [-0.39, 0.29) is 0 Å². The number of aromatic nitrogens is 3. The summed E-state index contributed by atoms with van der Waals surface area (Å²) in [7, 11) is 0. The molecule has 228 valence electrons. The Hall–Kier alpha value is -6.46. The average Bonchev–Trinajstić information content (AvgIpc) is 3.53. The Kier molecular flexibility index (Phi) is 7.48. The topological polar surface area (TPSA) is 68.9 Å². The van der Waals surface area contributed by atoms with Gasteiger partial charge in [0.2, 0.25) is 0 Å². The van der Waals surface area contributed by atoms with E-state index in [4.69, 9.17) is 19.4 Å². The van der Waals surface area contributed by atoms with Gasteiger partial charge in [-0.25, -0.2) is 15.0 Å². The summed E-state index contributed by atoms with van der Waals surface area (Å²) in [5.41, 5.74) is 8.09. The Morgan fingerprint density at radius 1 is 0.583 bits per heavy atom. The Bertz CT molecular complexity index is 2540. The molecule has 0 unspecified atom stereocenters. The van der Waals surface area contributed by atoms with E-state index in [1.165, 1.54) is 10.8 Å². The van der Waals surface area contributed by atoms with Gasteiger partial charge in [-0.05, 0) is 70.3 Å². The lowest BCUT2D eigenvalue weighted by molar-refractivity contribution is -0.104. The van der Waals surface area contributed by atoms with Gasteiger partial charge in [0.05, 0.1) is 0 Å². The van der Waals surface area contributed by atoms with Crippen molar-refractivity contribution < 1.29 is 9.21 Å². The molecule has 0 aliphatic rings. The molecule has 2 aromatic heterocycles. The van der Waals surface area contributed by atoms with Gasteiger partial charge in [-0.15, -0.1) is 0 Å². The van der Waals surface area contributed by atoms with Crippen molar-refractivity contribution in [2.24, 2.45) is 0 Å². The van der Waals surface area contributed by atoms with Crippen LogP contribution in [-0.2, 0) is 4.79 Å². The highest BCUT2D eigenvalue weighted by Gasteiger charge is 2.18. The fourth-order valence-corrected chi connectivity index (χ4v) is 6.23. The Balaban J connectivity index is 1.29. The predicted octanol–water partition coefficient (Wildman–Crippen LogP) is 10.8. The molecule has 0 fully saturated rings. The smallest absolute Gasteiger partial charge is 0.164 e. The van der Waals surface area contributed by atoms with Crippen LogP contribution >= 0.6 is 0 Å². The second kappa shape index (κ2) is 12.4. The summed E-state index contributed by atoms with van der Waals surface area (Å²) in [6.07, 6.45) is 6.20. The van der Waals surface area contributed by atoms with Crippen molar-refractivity contribution in [2.45, 2.75) is 6.92 Å². The third-order valence-electron chi connectivity index (χ3n) is 8.55. The number of allylic oxidation sites excluding steroid dienone is 4. The van der Waals surface area contributed by atoms with Crippen molar-refractivity contribution in [2.75, 3.05) is 0 Å². The maximum Gasteiger partial charge on any atom is 0.164 e. The maximum absolute atomic E-state index is 11.4. The van der Waals surface area contributed by atoms with Gasteiger partial charge < -0.3 is 4.42 Å². The molecule has 8 rings (SSSR count). The number of rotatable bonds is 7. The first-order valence-electron chi connectivity index (χ1n) is 15.8. The summed E-state index contributed by atoms with van der Waals surface area (Å²) in [6, 6.07) is 45.2. The normalized spacial score (nSPS) is 12.0. The van der Waals surface area contributed by atoms with Gasteiger partial charge in [0.25, 0.3) is 0 Å². The van der Waals surface area contributed by atoms with E-state index < -0.39 is 0 Å². The molecule has 2 heterocycles. The number of carbonyl (C=O) groups is 1. The summed E-state index contributed by atoms with van der Waals surface area (Å²) in [6.45, 7) is 1.93. The van der Waals surface area contributed by atoms with Crippen LogP contribution < -0.4 is 0 Å². The van der Waals surface area contributed by atoms with Crippen molar-refractivity contribution in [3.8, 4) is 45.3 Å². The SMILES string of the molecule is C/C=C\C(=C/C=O)c1cccc(-c2nc(-c3ccc(-c4ccc5ccccc5c4)cc3)nc(-c3cccc4oc5ccccc5c34)n2)c1. The highest BCUT2D eigenvalue weighted by molar-refractivity contribution is 6.11. The zero-order valence-corrected chi connectivity index (χ0v) is 26.2. The van der Waals surface area contributed by atoms with Crippen LogP contribution in [0.4, 0.5) is 0 Å². The van der Waals surface area contributed by atoms with E-state index in [1.54, 1.807) is 6.08 Å². The van der Waals surface area contributed by atoms with Crippen LogP contribution in [0.5, 0.6) is 0 Å². The minimum atomic E-state index is 0.534. The molecule has 0 radical (unpaired) electrons. The van der Waals surface area contributed by atoms with Crippen molar-refractivity contribution in [3.05, 3.63) is 157 Å². The van der Waals surface area contributed by atoms with Crippen LogP contribution in [0, 0.1) is 0 Å². The summed E-state index contributed by atoms with van der Waals surface area (Å²) < 4.78 is 6.20. The largest absolute Gasteiger partial charge is 0.456 e. The third-order valence-corrected chi connectivity index (χ3v) is 8.55. The van der Waals surface area contributed by atoms with E-state index >= 15 is 0 Å². The van der Waals surface area contributed by atoms with Gasteiger partial charge in [0.1, 0.15) is 17.5 Å².